The molecule has 1 heterocycles. The summed E-state index contributed by atoms with van der Waals surface area (Å²) in [6.45, 7) is 7.39. The van der Waals surface area contributed by atoms with Gasteiger partial charge in [-0.25, -0.2) is 0 Å². The third-order valence-electron chi connectivity index (χ3n) is 4.44. The number of nitrogens with zero attached hydrogens (tertiary/aromatic N) is 1. The van der Waals surface area contributed by atoms with E-state index in [0.717, 1.165) is 38.2 Å². The van der Waals surface area contributed by atoms with Crippen molar-refractivity contribution in [1.82, 2.24) is 10.2 Å². The predicted molar refractivity (Wildman–Crippen MR) is 97.4 cm³/mol. The molecule has 6 heteroatoms. The van der Waals surface area contributed by atoms with Crippen LogP contribution in [0.3, 0.4) is 0 Å². The first kappa shape index (κ1) is 19.0. The van der Waals surface area contributed by atoms with Crippen LogP contribution in [0.2, 0.25) is 5.02 Å². The molecule has 2 rings (SSSR count). The Kier molecular flexibility index (Phi) is 7.34. The highest BCUT2D eigenvalue weighted by Gasteiger charge is 2.24. The molecule has 1 aromatic carbocycles. The van der Waals surface area contributed by atoms with Gasteiger partial charge in [0.05, 0.1) is 6.04 Å². The summed E-state index contributed by atoms with van der Waals surface area (Å²) in [6, 6.07) is 7.22. The summed E-state index contributed by atoms with van der Waals surface area (Å²) in [5.74, 6) is 0.967. The Labute approximate surface area is 149 Å². The van der Waals surface area contributed by atoms with Crippen LogP contribution in [-0.4, -0.2) is 49.1 Å². The lowest BCUT2D eigenvalue weighted by Gasteiger charge is -2.33. The number of carbonyl (C=O) groups excluding carboxylic acids is 1. The molecule has 1 fully saturated rings. The fourth-order valence-electron chi connectivity index (χ4n) is 2.72. The first-order valence-electron chi connectivity index (χ1n) is 8.62. The lowest BCUT2D eigenvalue weighted by Crippen LogP contribution is -2.51. The van der Waals surface area contributed by atoms with Crippen LogP contribution in [0.15, 0.2) is 24.3 Å². The highest BCUT2D eigenvalue weighted by atomic mass is 35.5. The summed E-state index contributed by atoms with van der Waals surface area (Å²) in [6.07, 6.45) is 1.91. The molecular formula is C18H28ClN3O2. The van der Waals surface area contributed by atoms with Crippen molar-refractivity contribution in [2.24, 2.45) is 11.7 Å². The number of likely N-dealkylation sites (tertiary alicyclic amines) is 1. The van der Waals surface area contributed by atoms with E-state index in [1.165, 1.54) is 0 Å². The smallest absolute Gasteiger partial charge is 0.237 e. The molecular weight excluding hydrogens is 326 g/mol. The Balaban J connectivity index is 1.64. The van der Waals surface area contributed by atoms with E-state index in [2.05, 4.69) is 10.2 Å². The monoisotopic (exact) mass is 353 g/mol. The third-order valence-corrected chi connectivity index (χ3v) is 4.70. The number of nitrogens with one attached hydrogen (secondary N) is 1. The van der Waals surface area contributed by atoms with Crippen molar-refractivity contribution < 1.29 is 9.53 Å². The average Bonchev–Trinajstić information content (AvgIpc) is 2.57. The Morgan fingerprint density at radius 1 is 1.33 bits per heavy atom. The number of ether oxygens (including phenoxy) is 1. The van der Waals surface area contributed by atoms with Gasteiger partial charge >= 0.3 is 0 Å². The minimum Gasteiger partial charge on any atom is -0.492 e. The standard InChI is InChI=1S/C18H28ClN3O2/c1-13(2)17(20)18(23)21-15-7-9-22(10-8-15)11-12-24-16-5-3-14(19)4-6-16/h3-6,13,15,17H,7-12,20H2,1-2H3,(H,21,23)/t17-/m0/s1. The molecule has 0 spiro atoms. The number of carbonyl (C=O) groups is 1. The van der Waals surface area contributed by atoms with E-state index in [9.17, 15) is 4.79 Å². The van der Waals surface area contributed by atoms with E-state index >= 15 is 0 Å². The summed E-state index contributed by atoms with van der Waals surface area (Å²) in [5, 5.41) is 3.79. The molecule has 24 heavy (non-hydrogen) atoms. The molecule has 1 saturated heterocycles. The van der Waals surface area contributed by atoms with Gasteiger partial charge in [-0.1, -0.05) is 25.4 Å². The maximum atomic E-state index is 12.0. The van der Waals surface area contributed by atoms with Crippen molar-refractivity contribution >= 4 is 17.5 Å². The van der Waals surface area contributed by atoms with E-state index in [4.69, 9.17) is 22.1 Å². The van der Waals surface area contributed by atoms with Crippen molar-refractivity contribution in [2.45, 2.75) is 38.8 Å². The third kappa shape index (κ3) is 5.96. The number of rotatable bonds is 7. The number of nitrogens with two attached hydrogens (primary N) is 1. The molecule has 5 nitrogen and oxygen atoms in total. The summed E-state index contributed by atoms with van der Waals surface area (Å²) < 4.78 is 5.73. The molecule has 0 aromatic heterocycles. The summed E-state index contributed by atoms with van der Waals surface area (Å²) in [4.78, 5) is 14.4. The van der Waals surface area contributed by atoms with Crippen LogP contribution in [0.4, 0.5) is 0 Å². The fourth-order valence-corrected chi connectivity index (χ4v) is 2.85. The van der Waals surface area contributed by atoms with Gasteiger partial charge in [0.1, 0.15) is 12.4 Å². The van der Waals surface area contributed by atoms with Gasteiger partial charge in [0.2, 0.25) is 5.91 Å². The highest BCUT2D eigenvalue weighted by molar-refractivity contribution is 6.30. The van der Waals surface area contributed by atoms with Gasteiger partial charge in [0.15, 0.2) is 0 Å². The number of halogens is 1. The molecule has 1 atom stereocenters. The summed E-state index contributed by atoms with van der Waals surface area (Å²) in [7, 11) is 0. The molecule has 1 amide bonds. The Hall–Kier alpha value is -1.30. The number of piperidine rings is 1. The summed E-state index contributed by atoms with van der Waals surface area (Å²) in [5.41, 5.74) is 5.89. The molecule has 0 bridgehead atoms. The second-order valence-electron chi connectivity index (χ2n) is 6.70. The van der Waals surface area contributed by atoms with Gasteiger partial charge in [0, 0.05) is 30.7 Å². The first-order valence-corrected chi connectivity index (χ1v) is 9.00. The molecule has 1 aliphatic heterocycles. The van der Waals surface area contributed by atoms with Crippen LogP contribution >= 0.6 is 11.6 Å². The van der Waals surface area contributed by atoms with Crippen molar-refractivity contribution in [3.05, 3.63) is 29.3 Å². The average molecular weight is 354 g/mol. The van der Waals surface area contributed by atoms with Gasteiger partial charge in [-0.15, -0.1) is 0 Å². The molecule has 0 radical (unpaired) electrons. The van der Waals surface area contributed by atoms with E-state index in [1.807, 2.05) is 38.1 Å². The molecule has 0 unspecified atom stereocenters. The number of hydrogen-bond donors (Lipinski definition) is 2. The summed E-state index contributed by atoms with van der Waals surface area (Å²) >= 11 is 5.85. The SMILES string of the molecule is CC(C)[C@H](N)C(=O)NC1CCN(CCOc2ccc(Cl)cc2)CC1. The Morgan fingerprint density at radius 3 is 2.54 bits per heavy atom. The maximum absolute atomic E-state index is 12.0. The van der Waals surface area contributed by atoms with Gasteiger partial charge in [-0.3, -0.25) is 9.69 Å². The van der Waals surface area contributed by atoms with E-state index in [0.29, 0.717) is 11.6 Å². The lowest BCUT2D eigenvalue weighted by molar-refractivity contribution is -0.124. The molecule has 3 N–H and O–H groups in total. The second-order valence-corrected chi connectivity index (χ2v) is 7.13. The van der Waals surface area contributed by atoms with E-state index in [1.54, 1.807) is 0 Å². The quantitative estimate of drug-likeness (QED) is 0.789. The van der Waals surface area contributed by atoms with E-state index < -0.39 is 6.04 Å². The van der Waals surface area contributed by atoms with Crippen LogP contribution in [0, 0.1) is 5.92 Å². The molecule has 1 aliphatic rings. The minimum atomic E-state index is -0.421. The zero-order valence-corrected chi connectivity index (χ0v) is 15.3. The predicted octanol–water partition coefficient (Wildman–Crippen LogP) is 2.28. The van der Waals surface area contributed by atoms with Gasteiger partial charge < -0.3 is 15.8 Å². The largest absolute Gasteiger partial charge is 0.492 e. The first-order chi connectivity index (χ1) is 11.5. The van der Waals surface area contributed by atoms with Crippen LogP contribution < -0.4 is 15.8 Å². The molecule has 134 valence electrons. The molecule has 1 aromatic rings. The number of hydrogen-bond acceptors (Lipinski definition) is 4. The fraction of sp³-hybridized carbons (Fsp3) is 0.611. The van der Waals surface area contributed by atoms with Gasteiger partial charge in [-0.2, -0.15) is 0 Å². The minimum absolute atomic E-state index is 0.0329. The molecule has 0 saturated carbocycles. The molecule has 0 aliphatic carbocycles. The van der Waals surface area contributed by atoms with Crippen molar-refractivity contribution in [3.8, 4) is 5.75 Å². The second kappa shape index (κ2) is 9.25. The topological polar surface area (TPSA) is 67.6 Å². The maximum Gasteiger partial charge on any atom is 0.237 e. The van der Waals surface area contributed by atoms with Crippen molar-refractivity contribution in [2.75, 3.05) is 26.2 Å². The van der Waals surface area contributed by atoms with Crippen LogP contribution in [0.1, 0.15) is 26.7 Å². The Bertz CT molecular complexity index is 514. The van der Waals surface area contributed by atoms with Crippen LogP contribution in [0.5, 0.6) is 5.75 Å². The van der Waals surface area contributed by atoms with Crippen molar-refractivity contribution in [1.29, 1.82) is 0 Å². The van der Waals surface area contributed by atoms with Gasteiger partial charge in [0.25, 0.3) is 0 Å². The zero-order chi connectivity index (χ0) is 17.5. The van der Waals surface area contributed by atoms with Crippen LogP contribution in [-0.2, 0) is 4.79 Å². The highest BCUT2D eigenvalue weighted by Crippen LogP contribution is 2.16. The Morgan fingerprint density at radius 2 is 1.96 bits per heavy atom. The normalized spacial score (nSPS) is 17.7. The van der Waals surface area contributed by atoms with Crippen LogP contribution in [0.25, 0.3) is 0 Å². The number of amides is 1. The van der Waals surface area contributed by atoms with Gasteiger partial charge in [-0.05, 0) is 43.0 Å². The van der Waals surface area contributed by atoms with Crippen molar-refractivity contribution in [3.63, 3.8) is 0 Å². The lowest BCUT2D eigenvalue weighted by atomic mass is 10.0. The zero-order valence-electron chi connectivity index (χ0n) is 14.5. The number of benzene rings is 1. The van der Waals surface area contributed by atoms with E-state index in [-0.39, 0.29) is 17.9 Å².